The van der Waals surface area contributed by atoms with E-state index in [9.17, 15) is 22.4 Å². The third-order valence-corrected chi connectivity index (χ3v) is 6.41. The first kappa shape index (κ1) is 17.4. The van der Waals surface area contributed by atoms with Gasteiger partial charge in [0, 0.05) is 19.8 Å². The Kier molecular flexibility index (Phi) is 3.88. The fourth-order valence-corrected chi connectivity index (χ4v) is 4.78. The van der Waals surface area contributed by atoms with E-state index >= 15 is 0 Å². The van der Waals surface area contributed by atoms with Gasteiger partial charge in [-0.3, -0.25) is 18.7 Å². The molecule has 8 nitrogen and oxygen atoms in total. The maximum atomic E-state index is 13.5. The zero-order valence-electron chi connectivity index (χ0n) is 14.3. The number of benzene rings is 1. The van der Waals surface area contributed by atoms with E-state index in [1.807, 2.05) is 0 Å². The number of pyridine rings is 1. The summed E-state index contributed by atoms with van der Waals surface area (Å²) in [6.07, 6.45) is 2.25. The number of aromatic nitrogens is 3. The van der Waals surface area contributed by atoms with Crippen molar-refractivity contribution in [3.8, 4) is 0 Å². The van der Waals surface area contributed by atoms with Crippen molar-refractivity contribution in [2.24, 2.45) is 7.05 Å². The van der Waals surface area contributed by atoms with E-state index in [0.29, 0.717) is 24.1 Å². The van der Waals surface area contributed by atoms with Crippen LogP contribution in [0.25, 0.3) is 11.0 Å². The Morgan fingerprint density at radius 1 is 1.22 bits per heavy atom. The second-order valence-corrected chi connectivity index (χ2v) is 8.18. The Morgan fingerprint density at radius 2 is 2.00 bits per heavy atom. The predicted octanol–water partition coefficient (Wildman–Crippen LogP) is 0.902. The molecule has 1 aliphatic rings. The molecule has 3 aromatic rings. The minimum Gasteiger partial charge on any atom is -0.281 e. The van der Waals surface area contributed by atoms with Gasteiger partial charge in [-0.15, -0.1) is 0 Å². The molecule has 4 rings (SSSR count). The fraction of sp³-hybridized carbons (Fsp3) is 0.235. The molecule has 1 aliphatic heterocycles. The number of hydrogen-bond acceptors (Lipinski definition) is 5. The summed E-state index contributed by atoms with van der Waals surface area (Å²) in [7, 11) is -2.58. The van der Waals surface area contributed by atoms with Crippen molar-refractivity contribution in [2.75, 3.05) is 10.8 Å². The molecule has 1 N–H and O–H groups in total. The zero-order chi connectivity index (χ0) is 19.3. The molecule has 1 aromatic carbocycles. The third-order valence-electron chi connectivity index (χ3n) is 4.63. The third kappa shape index (κ3) is 2.72. The van der Waals surface area contributed by atoms with Crippen molar-refractivity contribution in [3.05, 3.63) is 62.7 Å². The average molecular weight is 390 g/mol. The minimum absolute atomic E-state index is 0.00508. The number of rotatable bonds is 2. The second-order valence-electron chi connectivity index (χ2n) is 6.31. The van der Waals surface area contributed by atoms with Gasteiger partial charge in [0.25, 0.3) is 15.6 Å². The van der Waals surface area contributed by atoms with Crippen LogP contribution in [0.1, 0.15) is 12.0 Å². The number of anilines is 1. The van der Waals surface area contributed by atoms with E-state index in [4.69, 9.17) is 0 Å². The first-order valence-corrected chi connectivity index (χ1v) is 9.63. The first-order chi connectivity index (χ1) is 12.8. The van der Waals surface area contributed by atoms with Gasteiger partial charge in [-0.2, -0.15) is 0 Å². The zero-order valence-corrected chi connectivity index (χ0v) is 15.1. The molecule has 0 saturated carbocycles. The molecule has 0 radical (unpaired) electrons. The van der Waals surface area contributed by atoms with Gasteiger partial charge >= 0.3 is 5.69 Å². The minimum atomic E-state index is -4.01. The highest BCUT2D eigenvalue weighted by Gasteiger charge is 2.30. The van der Waals surface area contributed by atoms with E-state index in [0.717, 1.165) is 10.8 Å². The maximum absolute atomic E-state index is 13.5. The topological polar surface area (TPSA) is 105 Å². The summed E-state index contributed by atoms with van der Waals surface area (Å²) in [5, 5.41) is -0.00508. The Hall–Kier alpha value is -3.01. The molecule has 0 spiro atoms. The summed E-state index contributed by atoms with van der Waals surface area (Å²) in [6.45, 7) is 0.239. The largest absolute Gasteiger partial charge is 0.329 e. The Labute approximate surface area is 153 Å². The number of halogens is 1. The van der Waals surface area contributed by atoms with Gasteiger partial charge in [0.05, 0.1) is 11.1 Å². The summed E-state index contributed by atoms with van der Waals surface area (Å²) in [4.78, 5) is 29.7. The monoisotopic (exact) mass is 390 g/mol. The van der Waals surface area contributed by atoms with Crippen LogP contribution in [-0.2, 0) is 23.5 Å². The van der Waals surface area contributed by atoms with Crippen molar-refractivity contribution < 1.29 is 12.8 Å². The predicted molar refractivity (Wildman–Crippen MR) is 96.9 cm³/mol. The van der Waals surface area contributed by atoms with E-state index in [-0.39, 0.29) is 22.5 Å². The van der Waals surface area contributed by atoms with Crippen LogP contribution in [0.4, 0.5) is 10.1 Å². The van der Waals surface area contributed by atoms with E-state index in [1.54, 1.807) is 0 Å². The van der Waals surface area contributed by atoms with Crippen LogP contribution >= 0.6 is 0 Å². The lowest BCUT2D eigenvalue weighted by Crippen LogP contribution is -2.36. The van der Waals surface area contributed by atoms with Gasteiger partial charge in [-0.05, 0) is 42.7 Å². The first-order valence-electron chi connectivity index (χ1n) is 8.19. The summed E-state index contributed by atoms with van der Waals surface area (Å²) < 4.78 is 42.1. The summed E-state index contributed by atoms with van der Waals surface area (Å²) in [6, 6.07) is 5.18. The molecule has 140 valence electrons. The van der Waals surface area contributed by atoms with Crippen molar-refractivity contribution in [3.63, 3.8) is 0 Å². The van der Waals surface area contributed by atoms with Crippen LogP contribution < -0.4 is 15.6 Å². The lowest BCUT2D eigenvalue weighted by Gasteiger charge is -2.30. The molecule has 10 heteroatoms. The Bertz CT molecular complexity index is 1300. The number of nitrogens with zero attached hydrogens (tertiary/aromatic N) is 3. The van der Waals surface area contributed by atoms with Crippen molar-refractivity contribution in [1.82, 2.24) is 14.5 Å². The number of sulfonamides is 1. The second kappa shape index (κ2) is 6.02. The molecule has 27 heavy (non-hydrogen) atoms. The molecule has 0 bridgehead atoms. The van der Waals surface area contributed by atoms with Gasteiger partial charge in [0.2, 0.25) is 0 Å². The molecule has 0 unspecified atom stereocenters. The van der Waals surface area contributed by atoms with Gasteiger partial charge < -0.3 is 0 Å². The average Bonchev–Trinajstić information content (AvgIpc) is 2.65. The molecule has 0 saturated heterocycles. The summed E-state index contributed by atoms with van der Waals surface area (Å²) in [5.41, 5.74) is -0.235. The van der Waals surface area contributed by atoms with E-state index in [2.05, 4.69) is 9.97 Å². The molecular formula is C17H15FN4O4S. The van der Waals surface area contributed by atoms with Gasteiger partial charge in [0.1, 0.15) is 16.4 Å². The molecular weight excluding hydrogens is 375 g/mol. The number of fused-ring (bicyclic) bond motifs is 2. The van der Waals surface area contributed by atoms with E-state index in [1.165, 1.54) is 35.6 Å². The van der Waals surface area contributed by atoms with Crippen molar-refractivity contribution in [2.45, 2.75) is 17.7 Å². The number of nitrogens with one attached hydrogen (secondary N) is 1. The molecule has 0 aliphatic carbocycles. The molecule has 0 atom stereocenters. The highest BCUT2D eigenvalue weighted by molar-refractivity contribution is 7.92. The van der Waals surface area contributed by atoms with E-state index < -0.39 is 27.1 Å². The number of hydrogen-bond donors (Lipinski definition) is 1. The fourth-order valence-electron chi connectivity index (χ4n) is 3.27. The summed E-state index contributed by atoms with van der Waals surface area (Å²) >= 11 is 0. The quantitative estimate of drug-likeness (QED) is 0.700. The van der Waals surface area contributed by atoms with Gasteiger partial charge in [-0.1, -0.05) is 0 Å². The number of aromatic amines is 1. The standard InChI is InChI=1S/C17H15FN4O4S/c1-21-15-13(16(23)20-17(21)24)8-12(9-19-15)27(25,26)22-6-2-3-10-7-11(18)4-5-14(10)22/h4-5,7-9H,2-3,6H2,1H3,(H,20,23,24). The van der Waals surface area contributed by atoms with Crippen LogP contribution in [-0.4, -0.2) is 29.5 Å². The summed E-state index contributed by atoms with van der Waals surface area (Å²) in [5.74, 6) is -0.423. The highest BCUT2D eigenvalue weighted by Crippen LogP contribution is 2.32. The van der Waals surface area contributed by atoms with Crippen LogP contribution in [0.3, 0.4) is 0 Å². The lowest BCUT2D eigenvalue weighted by molar-refractivity contribution is 0.584. The van der Waals surface area contributed by atoms with Crippen molar-refractivity contribution >= 4 is 26.7 Å². The van der Waals surface area contributed by atoms with Crippen LogP contribution in [0.2, 0.25) is 0 Å². The number of aryl methyl sites for hydroxylation is 2. The molecule has 0 amide bonds. The van der Waals surface area contributed by atoms with Crippen LogP contribution in [0.15, 0.2) is 44.9 Å². The lowest BCUT2D eigenvalue weighted by atomic mass is 10.0. The van der Waals surface area contributed by atoms with Gasteiger partial charge in [0.15, 0.2) is 0 Å². The molecule has 3 heterocycles. The number of H-pyrrole nitrogens is 1. The normalized spacial score (nSPS) is 14.4. The molecule has 2 aromatic heterocycles. The Balaban J connectivity index is 1.89. The smallest absolute Gasteiger partial charge is 0.281 e. The van der Waals surface area contributed by atoms with Gasteiger partial charge in [-0.25, -0.2) is 22.6 Å². The SMILES string of the molecule is Cn1c(=O)[nH]c(=O)c2cc(S(=O)(=O)N3CCCc4cc(F)ccc43)cnc21. The maximum Gasteiger partial charge on any atom is 0.329 e. The van der Waals surface area contributed by atoms with Crippen molar-refractivity contribution in [1.29, 1.82) is 0 Å². The molecule has 0 fully saturated rings. The van der Waals surface area contributed by atoms with Crippen LogP contribution in [0.5, 0.6) is 0 Å². The Morgan fingerprint density at radius 3 is 2.78 bits per heavy atom. The van der Waals surface area contributed by atoms with Crippen LogP contribution in [0, 0.1) is 5.82 Å². The highest BCUT2D eigenvalue weighted by atomic mass is 32.2.